The number of nitrogens with one attached hydrogen (secondary N) is 3. The number of rotatable bonds is 6. The molecule has 244 valence electrons. The molecule has 10 heteroatoms. The average molecular weight is 625 g/mol. The van der Waals surface area contributed by atoms with Crippen molar-refractivity contribution in [2.75, 3.05) is 6.54 Å². The van der Waals surface area contributed by atoms with Crippen LogP contribution in [-0.2, 0) is 19.2 Å². The summed E-state index contributed by atoms with van der Waals surface area (Å²) in [5.41, 5.74) is 1.15. The zero-order valence-electron chi connectivity index (χ0n) is 26.2. The third-order valence-electron chi connectivity index (χ3n) is 8.86. The molecule has 0 aromatic heterocycles. The first kappa shape index (κ1) is 34.1. The van der Waals surface area contributed by atoms with Gasteiger partial charge in [-0.25, -0.2) is 8.78 Å². The predicted molar refractivity (Wildman–Crippen MR) is 168 cm³/mol. The van der Waals surface area contributed by atoms with Crippen molar-refractivity contribution in [1.29, 1.82) is 0 Å². The van der Waals surface area contributed by atoms with Crippen molar-refractivity contribution in [2.24, 2.45) is 0 Å². The highest BCUT2D eigenvalue weighted by molar-refractivity contribution is 5.95. The summed E-state index contributed by atoms with van der Waals surface area (Å²) in [6, 6.07) is 9.93. The Balaban J connectivity index is 1.50. The quantitative estimate of drug-likeness (QED) is 0.379. The minimum atomic E-state index is -1.16. The molecule has 8 nitrogen and oxygen atoms in total. The Labute approximate surface area is 264 Å². The summed E-state index contributed by atoms with van der Waals surface area (Å²) >= 11 is 0. The second-order valence-electron chi connectivity index (χ2n) is 12.3. The largest absolute Gasteiger partial charge is 0.348 e. The topological polar surface area (TPSA) is 108 Å². The van der Waals surface area contributed by atoms with E-state index >= 15 is 0 Å². The molecule has 0 aliphatic carbocycles. The molecule has 2 aliphatic rings. The van der Waals surface area contributed by atoms with Crippen LogP contribution >= 0.6 is 0 Å². The molecule has 0 saturated carbocycles. The zero-order chi connectivity index (χ0) is 32.2. The Morgan fingerprint density at radius 1 is 0.889 bits per heavy atom. The first-order chi connectivity index (χ1) is 21.7. The minimum Gasteiger partial charge on any atom is -0.348 e. The van der Waals surface area contributed by atoms with Crippen LogP contribution < -0.4 is 16.0 Å². The summed E-state index contributed by atoms with van der Waals surface area (Å²) in [5.74, 6) is -3.16. The fourth-order valence-corrected chi connectivity index (χ4v) is 6.33. The maximum atomic E-state index is 14.4. The van der Waals surface area contributed by atoms with Crippen molar-refractivity contribution in [1.82, 2.24) is 20.9 Å². The summed E-state index contributed by atoms with van der Waals surface area (Å²) in [5, 5.41) is 8.33. The normalized spacial score (nSPS) is 23.1. The lowest BCUT2D eigenvalue weighted by Crippen LogP contribution is -2.55. The van der Waals surface area contributed by atoms with Crippen molar-refractivity contribution in [3.05, 3.63) is 71.3 Å². The van der Waals surface area contributed by atoms with E-state index in [0.29, 0.717) is 25.8 Å². The van der Waals surface area contributed by atoms with Gasteiger partial charge >= 0.3 is 0 Å². The molecule has 2 aromatic rings. The highest BCUT2D eigenvalue weighted by Crippen LogP contribution is 2.32. The number of carbonyl (C=O) groups is 4. The molecule has 4 atom stereocenters. The SMILES string of the molecule is C[C@H](NC(=O)[C@@H]1CCCCCCCCCCC(=O)N[C@@H](CC(=O)N2CCC[C@@H]2c2ccccc2)C(=O)N1)c1ccc(F)cc1F. The van der Waals surface area contributed by atoms with Gasteiger partial charge in [0.1, 0.15) is 23.7 Å². The molecule has 2 saturated heterocycles. The molecule has 2 aromatic carbocycles. The number of likely N-dealkylation sites (tertiary alicyclic amines) is 1. The number of benzene rings is 2. The van der Waals surface area contributed by atoms with Crippen LogP contribution in [0.1, 0.15) is 114 Å². The van der Waals surface area contributed by atoms with Crippen LogP contribution in [0.2, 0.25) is 0 Å². The summed E-state index contributed by atoms with van der Waals surface area (Å²) in [6.07, 6.45) is 9.33. The van der Waals surface area contributed by atoms with Gasteiger partial charge in [-0.2, -0.15) is 0 Å². The molecule has 0 radical (unpaired) electrons. The number of nitrogens with zero attached hydrogens (tertiary/aromatic N) is 1. The first-order valence-electron chi connectivity index (χ1n) is 16.4. The summed E-state index contributed by atoms with van der Waals surface area (Å²) in [6.45, 7) is 2.15. The molecular weight excluding hydrogens is 578 g/mol. The molecule has 2 heterocycles. The van der Waals surface area contributed by atoms with Gasteiger partial charge in [-0.15, -0.1) is 0 Å². The van der Waals surface area contributed by atoms with E-state index in [0.717, 1.165) is 69.1 Å². The van der Waals surface area contributed by atoms with Gasteiger partial charge in [0.25, 0.3) is 0 Å². The van der Waals surface area contributed by atoms with E-state index < -0.39 is 41.6 Å². The van der Waals surface area contributed by atoms with Gasteiger partial charge in [0, 0.05) is 24.6 Å². The highest BCUT2D eigenvalue weighted by Gasteiger charge is 2.34. The smallest absolute Gasteiger partial charge is 0.243 e. The van der Waals surface area contributed by atoms with E-state index in [1.54, 1.807) is 11.8 Å². The zero-order valence-corrected chi connectivity index (χ0v) is 26.2. The van der Waals surface area contributed by atoms with Crippen LogP contribution in [0.5, 0.6) is 0 Å². The molecule has 2 aliphatic heterocycles. The molecule has 0 unspecified atom stereocenters. The lowest BCUT2D eigenvalue weighted by atomic mass is 10.0. The first-order valence-corrected chi connectivity index (χ1v) is 16.4. The second-order valence-corrected chi connectivity index (χ2v) is 12.3. The van der Waals surface area contributed by atoms with Crippen molar-refractivity contribution in [2.45, 2.75) is 115 Å². The molecule has 45 heavy (non-hydrogen) atoms. The van der Waals surface area contributed by atoms with Crippen molar-refractivity contribution >= 4 is 23.6 Å². The third kappa shape index (κ3) is 10.1. The maximum Gasteiger partial charge on any atom is 0.243 e. The van der Waals surface area contributed by atoms with Crippen molar-refractivity contribution in [3.8, 4) is 0 Å². The molecular formula is C35H46F2N4O4. The van der Waals surface area contributed by atoms with E-state index in [2.05, 4.69) is 16.0 Å². The molecule has 2 fully saturated rings. The van der Waals surface area contributed by atoms with Gasteiger partial charge in [0.15, 0.2) is 0 Å². The number of carbonyl (C=O) groups excluding carboxylic acids is 4. The second kappa shape index (κ2) is 17.0. The summed E-state index contributed by atoms with van der Waals surface area (Å²) < 4.78 is 27.9. The van der Waals surface area contributed by atoms with Crippen molar-refractivity contribution in [3.63, 3.8) is 0 Å². The summed E-state index contributed by atoms with van der Waals surface area (Å²) in [7, 11) is 0. The Morgan fingerprint density at radius 2 is 1.58 bits per heavy atom. The van der Waals surface area contributed by atoms with Crippen LogP contribution in [-0.4, -0.2) is 47.2 Å². The minimum absolute atomic E-state index is 0.101. The van der Waals surface area contributed by atoms with Crippen molar-refractivity contribution < 1.29 is 28.0 Å². The fraction of sp³-hybridized carbons (Fsp3) is 0.543. The molecule has 0 bridgehead atoms. The van der Waals surface area contributed by atoms with Crippen LogP contribution in [0.15, 0.2) is 48.5 Å². The average Bonchev–Trinajstić information content (AvgIpc) is 3.51. The fourth-order valence-electron chi connectivity index (χ4n) is 6.33. The number of hydrogen-bond acceptors (Lipinski definition) is 4. The van der Waals surface area contributed by atoms with Gasteiger partial charge in [0.05, 0.1) is 18.5 Å². The number of halogens is 2. The standard InChI is InChI=1S/C35H46F2N4O4/c1-24(27-20-19-26(36)22-28(27)37)38-34(44)29-16-11-6-4-2-3-5-7-12-18-32(42)39-30(35(45)40-29)23-33(43)41-21-13-17-31(41)25-14-9-8-10-15-25/h8-10,14-15,19-20,22,24,29-31H,2-7,11-13,16-18,21,23H2,1H3,(H,38,44)(H,39,42)(H,40,45)/t24-,29-,30-,31+/m0/s1. The van der Waals surface area contributed by atoms with Gasteiger partial charge in [-0.05, 0) is 44.2 Å². The van der Waals surface area contributed by atoms with Gasteiger partial charge in [0.2, 0.25) is 23.6 Å². The Hall–Kier alpha value is -3.82. The van der Waals surface area contributed by atoms with Gasteiger partial charge in [-0.3, -0.25) is 19.2 Å². The monoisotopic (exact) mass is 624 g/mol. The van der Waals surface area contributed by atoms with Gasteiger partial charge in [-0.1, -0.05) is 81.3 Å². The van der Waals surface area contributed by atoms with E-state index in [9.17, 15) is 28.0 Å². The van der Waals surface area contributed by atoms with Crippen LogP contribution in [0.3, 0.4) is 0 Å². The van der Waals surface area contributed by atoms with E-state index in [4.69, 9.17) is 0 Å². The maximum absolute atomic E-state index is 14.4. The Bertz CT molecular complexity index is 1310. The summed E-state index contributed by atoms with van der Waals surface area (Å²) in [4.78, 5) is 55.5. The number of hydrogen-bond donors (Lipinski definition) is 3. The number of amides is 4. The van der Waals surface area contributed by atoms with Crippen LogP contribution in [0.4, 0.5) is 8.78 Å². The molecule has 0 spiro atoms. The molecule has 3 N–H and O–H groups in total. The van der Waals surface area contributed by atoms with E-state index in [-0.39, 0.29) is 36.3 Å². The Morgan fingerprint density at radius 3 is 2.29 bits per heavy atom. The lowest BCUT2D eigenvalue weighted by molar-refractivity contribution is -0.137. The Kier molecular flexibility index (Phi) is 12.9. The van der Waals surface area contributed by atoms with E-state index in [1.165, 1.54) is 6.07 Å². The van der Waals surface area contributed by atoms with Crippen LogP contribution in [0, 0.1) is 11.6 Å². The van der Waals surface area contributed by atoms with E-state index in [1.807, 2.05) is 30.3 Å². The molecule has 4 rings (SSSR count). The molecule has 4 amide bonds. The highest BCUT2D eigenvalue weighted by atomic mass is 19.1. The predicted octanol–water partition coefficient (Wildman–Crippen LogP) is 5.78. The van der Waals surface area contributed by atoms with Gasteiger partial charge < -0.3 is 20.9 Å². The van der Waals surface area contributed by atoms with Crippen LogP contribution in [0.25, 0.3) is 0 Å². The lowest BCUT2D eigenvalue weighted by Gasteiger charge is -2.28. The third-order valence-corrected chi connectivity index (χ3v) is 8.86.